The molecule has 0 spiro atoms. The molecule has 1 aliphatic carbocycles. The molecule has 1 aliphatic rings. The number of anilines is 1. The summed E-state index contributed by atoms with van der Waals surface area (Å²) in [7, 11) is 1.63. The molecule has 1 amide bonds. The Labute approximate surface area is 206 Å². The maximum absolute atomic E-state index is 13.2. The quantitative estimate of drug-likeness (QED) is 0.260. The molecule has 2 aromatic carbocycles. The van der Waals surface area contributed by atoms with Crippen LogP contribution in [0.4, 0.5) is 10.7 Å². The SMILES string of the molecule is CCOc1c(I)cc(C=Nc2sc3c(c2C(=O)Nc2ccccc2)CCCC3)cc1OC. The van der Waals surface area contributed by atoms with Gasteiger partial charge in [0.1, 0.15) is 5.00 Å². The molecule has 1 heterocycles. The van der Waals surface area contributed by atoms with E-state index in [9.17, 15) is 4.79 Å². The topological polar surface area (TPSA) is 59.9 Å². The van der Waals surface area contributed by atoms with Crippen molar-refractivity contribution < 1.29 is 14.3 Å². The number of carbonyl (C=O) groups is 1. The number of ether oxygens (including phenoxy) is 2. The number of aliphatic imine (C=N–C) groups is 1. The number of amides is 1. The second kappa shape index (κ2) is 10.5. The van der Waals surface area contributed by atoms with Crippen LogP contribution in [-0.2, 0) is 12.8 Å². The largest absolute Gasteiger partial charge is 0.493 e. The molecule has 166 valence electrons. The van der Waals surface area contributed by atoms with Crippen molar-refractivity contribution >= 4 is 56.7 Å². The van der Waals surface area contributed by atoms with Crippen molar-refractivity contribution in [1.29, 1.82) is 0 Å². The molecular formula is C25H25IN2O3S. The van der Waals surface area contributed by atoms with E-state index in [1.165, 1.54) is 4.88 Å². The zero-order valence-corrected chi connectivity index (χ0v) is 21.1. The van der Waals surface area contributed by atoms with Crippen molar-refractivity contribution in [3.05, 3.63) is 67.6 Å². The van der Waals surface area contributed by atoms with Gasteiger partial charge in [-0.1, -0.05) is 18.2 Å². The van der Waals surface area contributed by atoms with Gasteiger partial charge in [-0.05, 0) is 90.6 Å². The molecule has 0 radical (unpaired) electrons. The first kappa shape index (κ1) is 22.8. The zero-order valence-electron chi connectivity index (χ0n) is 18.1. The average Bonchev–Trinajstić information content (AvgIpc) is 3.18. The van der Waals surface area contributed by atoms with Crippen molar-refractivity contribution in [3.8, 4) is 11.5 Å². The molecule has 1 aromatic heterocycles. The number of para-hydroxylation sites is 1. The third-order valence-corrected chi connectivity index (χ3v) is 7.28. The molecule has 0 saturated carbocycles. The van der Waals surface area contributed by atoms with E-state index < -0.39 is 0 Å². The lowest BCUT2D eigenvalue weighted by Crippen LogP contribution is -2.14. The van der Waals surface area contributed by atoms with Crippen LogP contribution in [0, 0.1) is 3.57 Å². The number of hydrogen-bond donors (Lipinski definition) is 1. The lowest BCUT2D eigenvalue weighted by Gasteiger charge is -2.13. The minimum atomic E-state index is -0.0957. The predicted molar refractivity (Wildman–Crippen MR) is 139 cm³/mol. The maximum atomic E-state index is 13.2. The normalized spacial score (nSPS) is 13.1. The van der Waals surface area contributed by atoms with E-state index in [4.69, 9.17) is 14.5 Å². The number of carbonyl (C=O) groups excluding carboxylic acids is 1. The Morgan fingerprint density at radius 2 is 2.00 bits per heavy atom. The van der Waals surface area contributed by atoms with E-state index in [0.717, 1.165) is 56.8 Å². The summed E-state index contributed by atoms with van der Waals surface area (Å²) < 4.78 is 12.2. The molecule has 3 aromatic rings. The van der Waals surface area contributed by atoms with E-state index in [1.54, 1.807) is 24.7 Å². The number of fused-ring (bicyclic) bond motifs is 1. The smallest absolute Gasteiger partial charge is 0.259 e. The van der Waals surface area contributed by atoms with Crippen molar-refractivity contribution in [2.75, 3.05) is 19.0 Å². The van der Waals surface area contributed by atoms with Gasteiger partial charge in [0.05, 0.1) is 22.9 Å². The number of rotatable bonds is 7. The molecule has 0 aliphatic heterocycles. The number of thiophene rings is 1. The van der Waals surface area contributed by atoms with Gasteiger partial charge in [-0.3, -0.25) is 4.79 Å². The molecular weight excluding hydrogens is 535 g/mol. The molecule has 5 nitrogen and oxygen atoms in total. The Balaban J connectivity index is 1.68. The van der Waals surface area contributed by atoms with Crippen LogP contribution in [0.2, 0.25) is 0 Å². The van der Waals surface area contributed by atoms with Crippen LogP contribution in [0.5, 0.6) is 11.5 Å². The van der Waals surface area contributed by atoms with Gasteiger partial charge in [0.25, 0.3) is 5.91 Å². The van der Waals surface area contributed by atoms with Crippen LogP contribution < -0.4 is 14.8 Å². The summed E-state index contributed by atoms with van der Waals surface area (Å²) >= 11 is 3.87. The fourth-order valence-electron chi connectivity index (χ4n) is 3.82. The molecule has 32 heavy (non-hydrogen) atoms. The number of nitrogens with one attached hydrogen (secondary N) is 1. The van der Waals surface area contributed by atoms with Crippen LogP contribution in [0.3, 0.4) is 0 Å². The highest BCUT2D eigenvalue weighted by atomic mass is 127. The number of nitrogens with zero attached hydrogens (tertiary/aromatic N) is 1. The standard InChI is InChI=1S/C25H25IN2O3S/c1-3-31-23-19(26)13-16(14-20(23)30-2)15-27-25-22(18-11-7-8-12-21(18)32-25)24(29)28-17-9-5-4-6-10-17/h4-6,9-10,13-15H,3,7-8,11-12H2,1-2H3,(H,28,29). The van der Waals surface area contributed by atoms with E-state index in [2.05, 4.69) is 27.9 Å². The van der Waals surface area contributed by atoms with E-state index in [-0.39, 0.29) is 5.91 Å². The summed E-state index contributed by atoms with van der Waals surface area (Å²) in [4.78, 5) is 19.3. The molecule has 0 atom stereocenters. The van der Waals surface area contributed by atoms with Crippen LogP contribution in [0.15, 0.2) is 47.5 Å². The van der Waals surface area contributed by atoms with Crippen LogP contribution in [-0.4, -0.2) is 25.8 Å². The highest BCUT2D eigenvalue weighted by Crippen LogP contribution is 2.40. The second-order valence-corrected chi connectivity index (χ2v) is 9.68. The first-order valence-electron chi connectivity index (χ1n) is 10.7. The van der Waals surface area contributed by atoms with Gasteiger partial charge >= 0.3 is 0 Å². The summed E-state index contributed by atoms with van der Waals surface area (Å²) in [6, 6.07) is 13.5. The number of halogens is 1. The second-order valence-electron chi connectivity index (χ2n) is 7.44. The third kappa shape index (κ3) is 4.99. The summed E-state index contributed by atoms with van der Waals surface area (Å²) in [5, 5.41) is 3.80. The molecule has 4 rings (SSSR count). The van der Waals surface area contributed by atoms with E-state index in [1.807, 2.05) is 49.4 Å². The van der Waals surface area contributed by atoms with Gasteiger partial charge in [0, 0.05) is 16.8 Å². The Morgan fingerprint density at radius 3 is 2.75 bits per heavy atom. The average molecular weight is 560 g/mol. The van der Waals surface area contributed by atoms with Crippen LogP contribution in [0.25, 0.3) is 0 Å². The molecule has 0 fully saturated rings. The molecule has 0 unspecified atom stereocenters. The van der Waals surface area contributed by atoms with Gasteiger partial charge in [0.2, 0.25) is 0 Å². The fourth-order valence-corrected chi connectivity index (χ4v) is 5.84. The number of hydrogen-bond acceptors (Lipinski definition) is 5. The van der Waals surface area contributed by atoms with E-state index >= 15 is 0 Å². The van der Waals surface area contributed by atoms with Crippen LogP contribution >= 0.6 is 33.9 Å². The van der Waals surface area contributed by atoms with Crippen molar-refractivity contribution in [2.24, 2.45) is 4.99 Å². The highest BCUT2D eigenvalue weighted by Gasteiger charge is 2.25. The molecule has 1 N–H and O–H groups in total. The summed E-state index contributed by atoms with van der Waals surface area (Å²) in [6.45, 7) is 2.52. The number of methoxy groups -OCH3 is 1. The van der Waals surface area contributed by atoms with Gasteiger partial charge < -0.3 is 14.8 Å². The lowest BCUT2D eigenvalue weighted by molar-refractivity contribution is 0.102. The van der Waals surface area contributed by atoms with Crippen molar-refractivity contribution in [2.45, 2.75) is 32.6 Å². The summed E-state index contributed by atoms with van der Waals surface area (Å²) in [6.07, 6.45) is 6.00. The molecule has 7 heteroatoms. The Morgan fingerprint density at radius 1 is 1.22 bits per heavy atom. The molecule has 0 bridgehead atoms. The lowest BCUT2D eigenvalue weighted by atomic mass is 9.95. The summed E-state index contributed by atoms with van der Waals surface area (Å²) in [5.74, 6) is 1.32. The minimum Gasteiger partial charge on any atom is -0.493 e. The van der Waals surface area contributed by atoms with Crippen molar-refractivity contribution in [1.82, 2.24) is 0 Å². The Kier molecular flexibility index (Phi) is 7.47. The summed E-state index contributed by atoms with van der Waals surface area (Å²) in [5.41, 5.74) is 3.54. The first-order valence-corrected chi connectivity index (χ1v) is 12.6. The predicted octanol–water partition coefficient (Wildman–Crippen LogP) is 6.64. The first-order chi connectivity index (χ1) is 15.6. The van der Waals surface area contributed by atoms with Gasteiger partial charge in [-0.25, -0.2) is 4.99 Å². The van der Waals surface area contributed by atoms with E-state index in [0.29, 0.717) is 17.9 Å². The monoisotopic (exact) mass is 560 g/mol. The molecule has 0 saturated heterocycles. The fraction of sp³-hybridized carbons (Fsp3) is 0.280. The van der Waals surface area contributed by atoms with Gasteiger partial charge in [-0.2, -0.15) is 0 Å². The van der Waals surface area contributed by atoms with Crippen LogP contribution in [0.1, 0.15) is 46.1 Å². The number of aryl methyl sites for hydroxylation is 1. The highest BCUT2D eigenvalue weighted by molar-refractivity contribution is 14.1. The maximum Gasteiger partial charge on any atom is 0.259 e. The number of benzene rings is 2. The Hall–Kier alpha value is -2.39. The Bertz CT molecular complexity index is 1140. The van der Waals surface area contributed by atoms with Gasteiger partial charge in [0.15, 0.2) is 11.5 Å². The zero-order chi connectivity index (χ0) is 22.5. The third-order valence-electron chi connectivity index (χ3n) is 5.28. The van der Waals surface area contributed by atoms with Gasteiger partial charge in [-0.15, -0.1) is 11.3 Å². The van der Waals surface area contributed by atoms with Crippen molar-refractivity contribution in [3.63, 3.8) is 0 Å². The minimum absolute atomic E-state index is 0.0957.